The molecule has 0 N–H and O–H groups in total. The number of oxazole rings is 1. The summed E-state index contributed by atoms with van der Waals surface area (Å²) in [4.78, 5) is 18.3. The third kappa shape index (κ3) is 3.65. The monoisotopic (exact) mass is 336 g/mol. The SMILES string of the molecule is O=C(CCc1ncc(-c2ccccc2Cl)o1)N1CCSCC1. The van der Waals surface area contributed by atoms with E-state index in [4.69, 9.17) is 16.0 Å². The molecule has 2 aromatic rings. The van der Waals surface area contributed by atoms with E-state index in [1.54, 1.807) is 6.20 Å². The Labute approximate surface area is 138 Å². The van der Waals surface area contributed by atoms with Gasteiger partial charge in [0.1, 0.15) is 0 Å². The number of hydrogen-bond acceptors (Lipinski definition) is 4. The predicted molar refractivity (Wildman–Crippen MR) is 89.2 cm³/mol. The molecule has 1 aromatic heterocycles. The number of aromatic nitrogens is 1. The van der Waals surface area contributed by atoms with Crippen LogP contribution in [0.25, 0.3) is 11.3 Å². The Morgan fingerprint density at radius 2 is 2.09 bits per heavy atom. The molecule has 1 aliphatic heterocycles. The molecular weight excluding hydrogens is 320 g/mol. The van der Waals surface area contributed by atoms with Crippen LogP contribution < -0.4 is 0 Å². The van der Waals surface area contributed by atoms with Crippen molar-refractivity contribution >= 4 is 29.3 Å². The molecule has 0 spiro atoms. The van der Waals surface area contributed by atoms with Gasteiger partial charge in [-0.3, -0.25) is 4.79 Å². The van der Waals surface area contributed by atoms with Crippen molar-refractivity contribution in [3.8, 4) is 11.3 Å². The Bertz CT molecular complexity index is 653. The van der Waals surface area contributed by atoms with E-state index in [2.05, 4.69) is 4.98 Å². The highest BCUT2D eigenvalue weighted by Gasteiger charge is 2.17. The number of thioether (sulfide) groups is 1. The summed E-state index contributed by atoms with van der Waals surface area (Å²) in [7, 11) is 0. The Kier molecular flexibility index (Phi) is 5.05. The fourth-order valence-electron chi connectivity index (χ4n) is 2.40. The number of aryl methyl sites for hydroxylation is 1. The highest BCUT2D eigenvalue weighted by Crippen LogP contribution is 2.28. The number of carbonyl (C=O) groups excluding carboxylic acids is 1. The van der Waals surface area contributed by atoms with Crippen LogP contribution in [0.15, 0.2) is 34.9 Å². The minimum Gasteiger partial charge on any atom is -0.441 e. The van der Waals surface area contributed by atoms with Crippen LogP contribution in [-0.4, -0.2) is 40.4 Å². The third-order valence-electron chi connectivity index (χ3n) is 3.61. The van der Waals surface area contributed by atoms with Gasteiger partial charge in [0.15, 0.2) is 11.7 Å². The number of amides is 1. The maximum atomic E-state index is 12.1. The molecule has 0 aliphatic carbocycles. The number of halogens is 1. The standard InChI is InChI=1S/C16H17ClN2O2S/c17-13-4-2-1-3-12(13)14-11-18-15(21-14)5-6-16(20)19-7-9-22-10-8-19/h1-4,11H,5-10H2. The average molecular weight is 337 g/mol. The fraction of sp³-hybridized carbons (Fsp3) is 0.375. The van der Waals surface area contributed by atoms with Gasteiger partial charge in [0, 0.05) is 43.0 Å². The van der Waals surface area contributed by atoms with E-state index in [0.29, 0.717) is 29.5 Å². The molecule has 116 valence electrons. The second-order valence-corrected chi connectivity index (χ2v) is 6.72. The van der Waals surface area contributed by atoms with Gasteiger partial charge in [-0.1, -0.05) is 23.7 Å². The van der Waals surface area contributed by atoms with Crippen molar-refractivity contribution in [2.24, 2.45) is 0 Å². The van der Waals surface area contributed by atoms with Gasteiger partial charge in [0.25, 0.3) is 0 Å². The molecule has 1 aromatic carbocycles. The summed E-state index contributed by atoms with van der Waals surface area (Å²) in [5.74, 6) is 3.46. The highest BCUT2D eigenvalue weighted by atomic mass is 35.5. The summed E-state index contributed by atoms with van der Waals surface area (Å²) in [5, 5.41) is 0.632. The van der Waals surface area contributed by atoms with Crippen LogP contribution in [0, 0.1) is 0 Å². The van der Waals surface area contributed by atoms with Gasteiger partial charge < -0.3 is 9.32 Å². The number of hydrogen-bond donors (Lipinski definition) is 0. The van der Waals surface area contributed by atoms with E-state index in [9.17, 15) is 4.79 Å². The molecule has 0 bridgehead atoms. The van der Waals surface area contributed by atoms with Crippen molar-refractivity contribution in [1.82, 2.24) is 9.88 Å². The van der Waals surface area contributed by atoms with Crippen LogP contribution in [0.2, 0.25) is 5.02 Å². The third-order valence-corrected chi connectivity index (χ3v) is 4.88. The smallest absolute Gasteiger partial charge is 0.223 e. The van der Waals surface area contributed by atoms with E-state index in [0.717, 1.165) is 30.2 Å². The molecule has 3 rings (SSSR count). The average Bonchev–Trinajstić information content (AvgIpc) is 3.02. The van der Waals surface area contributed by atoms with Gasteiger partial charge in [-0.2, -0.15) is 11.8 Å². The van der Waals surface area contributed by atoms with E-state index < -0.39 is 0 Å². The zero-order chi connectivity index (χ0) is 15.4. The number of rotatable bonds is 4. The minimum absolute atomic E-state index is 0.179. The molecule has 1 fully saturated rings. The predicted octanol–water partition coefficient (Wildman–Crippen LogP) is 3.50. The first-order chi connectivity index (χ1) is 10.7. The van der Waals surface area contributed by atoms with Gasteiger partial charge in [-0.05, 0) is 12.1 Å². The van der Waals surface area contributed by atoms with Crippen LogP contribution >= 0.6 is 23.4 Å². The summed E-state index contributed by atoms with van der Waals surface area (Å²) in [5.41, 5.74) is 0.822. The summed E-state index contributed by atoms with van der Waals surface area (Å²) >= 11 is 8.04. The van der Waals surface area contributed by atoms with Gasteiger partial charge in [0.2, 0.25) is 5.91 Å². The van der Waals surface area contributed by atoms with Crippen molar-refractivity contribution in [3.05, 3.63) is 41.4 Å². The van der Waals surface area contributed by atoms with Crippen molar-refractivity contribution in [3.63, 3.8) is 0 Å². The molecule has 6 heteroatoms. The Balaban J connectivity index is 1.60. The van der Waals surface area contributed by atoms with E-state index >= 15 is 0 Å². The maximum absolute atomic E-state index is 12.1. The first-order valence-electron chi connectivity index (χ1n) is 7.29. The zero-order valence-corrected chi connectivity index (χ0v) is 13.7. The molecule has 0 saturated carbocycles. The Hall–Kier alpha value is -1.46. The van der Waals surface area contributed by atoms with Crippen LogP contribution in [-0.2, 0) is 11.2 Å². The van der Waals surface area contributed by atoms with Crippen molar-refractivity contribution in [2.45, 2.75) is 12.8 Å². The molecule has 1 aliphatic rings. The van der Waals surface area contributed by atoms with Crippen LogP contribution in [0.1, 0.15) is 12.3 Å². The number of nitrogens with zero attached hydrogens (tertiary/aromatic N) is 2. The van der Waals surface area contributed by atoms with E-state index in [-0.39, 0.29) is 5.91 Å². The second-order valence-electron chi connectivity index (χ2n) is 5.09. The molecular formula is C16H17ClN2O2S. The summed E-state index contributed by atoms with van der Waals surface area (Å²) in [6, 6.07) is 7.49. The molecule has 0 unspecified atom stereocenters. The molecule has 0 radical (unpaired) electrons. The lowest BCUT2D eigenvalue weighted by Crippen LogP contribution is -2.37. The molecule has 1 saturated heterocycles. The fourth-order valence-corrected chi connectivity index (χ4v) is 3.53. The first-order valence-corrected chi connectivity index (χ1v) is 8.82. The van der Waals surface area contributed by atoms with E-state index in [1.807, 2.05) is 40.9 Å². The molecule has 1 amide bonds. The normalized spacial score (nSPS) is 15.0. The number of benzene rings is 1. The molecule has 2 heterocycles. The summed E-state index contributed by atoms with van der Waals surface area (Å²) < 4.78 is 5.72. The maximum Gasteiger partial charge on any atom is 0.223 e. The Morgan fingerprint density at radius 3 is 2.86 bits per heavy atom. The Morgan fingerprint density at radius 1 is 1.32 bits per heavy atom. The van der Waals surface area contributed by atoms with E-state index in [1.165, 1.54) is 0 Å². The molecule has 0 atom stereocenters. The number of carbonyl (C=O) groups is 1. The van der Waals surface area contributed by atoms with Crippen molar-refractivity contribution < 1.29 is 9.21 Å². The van der Waals surface area contributed by atoms with Gasteiger partial charge in [0.05, 0.1) is 11.2 Å². The summed E-state index contributed by atoms with van der Waals surface area (Å²) in [6.45, 7) is 1.69. The topological polar surface area (TPSA) is 46.3 Å². The largest absolute Gasteiger partial charge is 0.441 e. The zero-order valence-electron chi connectivity index (χ0n) is 12.1. The second kappa shape index (κ2) is 7.20. The van der Waals surface area contributed by atoms with Crippen LogP contribution in [0.5, 0.6) is 0 Å². The van der Waals surface area contributed by atoms with Crippen molar-refractivity contribution in [2.75, 3.05) is 24.6 Å². The highest BCUT2D eigenvalue weighted by molar-refractivity contribution is 7.99. The van der Waals surface area contributed by atoms with Crippen LogP contribution in [0.4, 0.5) is 0 Å². The van der Waals surface area contributed by atoms with Gasteiger partial charge in [-0.25, -0.2) is 4.98 Å². The molecule has 22 heavy (non-hydrogen) atoms. The lowest BCUT2D eigenvalue weighted by atomic mass is 10.2. The lowest BCUT2D eigenvalue weighted by Gasteiger charge is -2.26. The van der Waals surface area contributed by atoms with Gasteiger partial charge >= 0.3 is 0 Å². The first kappa shape index (κ1) is 15.4. The summed E-state index contributed by atoms with van der Waals surface area (Å²) in [6.07, 6.45) is 2.62. The van der Waals surface area contributed by atoms with Gasteiger partial charge in [-0.15, -0.1) is 0 Å². The van der Waals surface area contributed by atoms with Crippen LogP contribution in [0.3, 0.4) is 0 Å². The van der Waals surface area contributed by atoms with Crippen molar-refractivity contribution in [1.29, 1.82) is 0 Å². The lowest BCUT2D eigenvalue weighted by molar-refractivity contribution is -0.130. The molecule has 4 nitrogen and oxygen atoms in total. The quantitative estimate of drug-likeness (QED) is 0.857. The minimum atomic E-state index is 0.179.